The van der Waals surface area contributed by atoms with Crippen molar-refractivity contribution in [3.63, 3.8) is 0 Å². The predicted octanol–water partition coefficient (Wildman–Crippen LogP) is 1.04. The number of hydrogen-bond donors (Lipinski definition) is 0. The normalized spacial score (nSPS) is 10.2. The highest BCUT2D eigenvalue weighted by Crippen LogP contribution is 2.12. The van der Waals surface area contributed by atoms with Gasteiger partial charge in [-0.25, -0.2) is 0 Å². The number of nitrogens with zero attached hydrogens (tertiary/aromatic N) is 2. The first-order valence-corrected chi connectivity index (χ1v) is 3.08. The third kappa shape index (κ3) is 0.797. The Hall–Kier alpha value is -1.71. The largest absolute Gasteiger partial charge is 0.337 e. The molecule has 0 spiro atoms. The van der Waals surface area contributed by atoms with E-state index in [0.717, 1.165) is 6.29 Å². The summed E-state index contributed by atoms with van der Waals surface area (Å²) in [6, 6.07) is 5.10. The number of rotatable bonds is 1. The highest BCUT2D eigenvalue weighted by Gasteiger charge is 2.03. The van der Waals surface area contributed by atoms with Gasteiger partial charge < -0.3 is 4.52 Å². The van der Waals surface area contributed by atoms with E-state index in [4.69, 9.17) is 4.52 Å². The summed E-state index contributed by atoms with van der Waals surface area (Å²) in [6.45, 7) is 0. The molecule has 2 rings (SSSR count). The van der Waals surface area contributed by atoms with Gasteiger partial charge in [0.1, 0.15) is 5.52 Å². The summed E-state index contributed by atoms with van der Waals surface area (Å²) in [4.78, 5) is 10.4. The topological polar surface area (TPSA) is 56.0 Å². The van der Waals surface area contributed by atoms with Crippen LogP contribution in [0.1, 0.15) is 10.4 Å². The molecule has 4 heteroatoms. The van der Waals surface area contributed by atoms with E-state index in [1.165, 1.54) is 0 Å². The average Bonchev–Trinajstić information content (AvgIpc) is 2.50. The van der Waals surface area contributed by atoms with Gasteiger partial charge in [0.15, 0.2) is 11.9 Å². The summed E-state index contributed by atoms with van der Waals surface area (Å²) in [5.74, 6) is 0. The molecule has 0 aliphatic rings. The summed E-state index contributed by atoms with van der Waals surface area (Å²) in [5, 5.41) is 6.97. The van der Waals surface area contributed by atoms with Gasteiger partial charge >= 0.3 is 0 Å². The minimum absolute atomic E-state index is 0.503. The number of aromatic nitrogens is 2. The van der Waals surface area contributed by atoms with E-state index in [1.807, 2.05) is 0 Å². The molecule has 0 atom stereocenters. The Kier molecular flexibility index (Phi) is 1.18. The van der Waals surface area contributed by atoms with E-state index < -0.39 is 0 Å². The number of carbonyl (C=O) groups excluding carboxylic acids is 1. The predicted molar refractivity (Wildman–Crippen MR) is 37.2 cm³/mol. The van der Waals surface area contributed by atoms with Gasteiger partial charge in [0.05, 0.1) is 0 Å². The Morgan fingerprint density at radius 1 is 1.45 bits per heavy atom. The van der Waals surface area contributed by atoms with Crippen molar-refractivity contribution in [2.45, 2.75) is 0 Å². The van der Waals surface area contributed by atoms with Crippen LogP contribution in [0, 0.1) is 0 Å². The molecule has 54 valence electrons. The van der Waals surface area contributed by atoms with Gasteiger partial charge in [-0.2, -0.15) is 0 Å². The second-order valence-electron chi connectivity index (χ2n) is 2.08. The van der Waals surface area contributed by atoms with E-state index in [9.17, 15) is 4.79 Å². The number of hydrogen-bond acceptors (Lipinski definition) is 4. The summed E-state index contributed by atoms with van der Waals surface area (Å²) >= 11 is 0. The van der Waals surface area contributed by atoms with Crippen molar-refractivity contribution in [3.05, 3.63) is 23.8 Å². The fraction of sp³-hybridized carbons (Fsp3) is 0. The molecule has 0 aliphatic carbocycles. The lowest BCUT2D eigenvalue weighted by Gasteiger charge is -1.86. The summed E-state index contributed by atoms with van der Waals surface area (Å²) in [5.41, 5.74) is 1.56. The molecule has 1 aromatic carbocycles. The van der Waals surface area contributed by atoms with Crippen LogP contribution in [0.3, 0.4) is 0 Å². The van der Waals surface area contributed by atoms with Crippen molar-refractivity contribution < 1.29 is 9.32 Å². The van der Waals surface area contributed by atoms with Gasteiger partial charge in [0.25, 0.3) is 0 Å². The van der Waals surface area contributed by atoms with Gasteiger partial charge in [-0.05, 0) is 12.1 Å². The van der Waals surface area contributed by atoms with Gasteiger partial charge in [-0.1, -0.05) is 6.07 Å². The van der Waals surface area contributed by atoms with Crippen LogP contribution in [0.2, 0.25) is 0 Å². The maximum atomic E-state index is 10.4. The second-order valence-corrected chi connectivity index (χ2v) is 2.08. The maximum absolute atomic E-state index is 10.4. The molecule has 0 N–H and O–H groups in total. The molecule has 1 heterocycles. The van der Waals surface area contributed by atoms with Crippen LogP contribution in [-0.4, -0.2) is 16.7 Å². The van der Waals surface area contributed by atoms with E-state index in [1.54, 1.807) is 18.2 Å². The summed E-state index contributed by atoms with van der Waals surface area (Å²) in [6.07, 6.45) is 0.729. The number of carbonyl (C=O) groups is 1. The molecular weight excluding hydrogens is 144 g/mol. The van der Waals surface area contributed by atoms with E-state index in [-0.39, 0.29) is 0 Å². The van der Waals surface area contributed by atoms with Crippen molar-refractivity contribution in [2.24, 2.45) is 0 Å². The zero-order chi connectivity index (χ0) is 7.68. The summed E-state index contributed by atoms with van der Waals surface area (Å²) < 4.78 is 4.74. The fourth-order valence-electron chi connectivity index (χ4n) is 0.920. The standard InChI is InChI=1S/C7H4N2O2/c10-4-5-2-1-3-6-7(5)8-9-11-6/h1-4H. The zero-order valence-corrected chi connectivity index (χ0v) is 5.52. The van der Waals surface area contributed by atoms with Crippen molar-refractivity contribution >= 4 is 17.4 Å². The molecule has 4 nitrogen and oxygen atoms in total. The monoisotopic (exact) mass is 148 g/mol. The molecule has 0 unspecified atom stereocenters. The molecule has 0 bridgehead atoms. The number of benzene rings is 1. The van der Waals surface area contributed by atoms with Gasteiger partial charge in [0.2, 0.25) is 0 Å². The molecule has 11 heavy (non-hydrogen) atoms. The van der Waals surface area contributed by atoms with Gasteiger partial charge in [-0.15, -0.1) is 5.10 Å². The average molecular weight is 148 g/mol. The molecular formula is C7H4N2O2. The first-order chi connectivity index (χ1) is 5.42. The first-order valence-electron chi connectivity index (χ1n) is 3.08. The Labute approximate surface area is 61.8 Å². The molecule has 2 aromatic rings. The lowest BCUT2D eigenvalue weighted by Crippen LogP contribution is -1.80. The second kappa shape index (κ2) is 2.16. The first kappa shape index (κ1) is 6.03. The number of fused-ring (bicyclic) bond motifs is 1. The Morgan fingerprint density at radius 3 is 3.18 bits per heavy atom. The number of aldehydes is 1. The highest BCUT2D eigenvalue weighted by molar-refractivity contribution is 5.92. The van der Waals surface area contributed by atoms with Gasteiger partial charge in [-0.3, -0.25) is 4.79 Å². The van der Waals surface area contributed by atoms with Crippen LogP contribution in [0.15, 0.2) is 22.7 Å². The summed E-state index contributed by atoms with van der Waals surface area (Å²) in [7, 11) is 0. The van der Waals surface area contributed by atoms with Crippen LogP contribution in [0.5, 0.6) is 0 Å². The lowest BCUT2D eigenvalue weighted by atomic mass is 10.2. The molecule has 0 amide bonds. The van der Waals surface area contributed by atoms with Crippen LogP contribution >= 0.6 is 0 Å². The SMILES string of the molecule is O=Cc1cccc2onnc12. The fourth-order valence-corrected chi connectivity index (χ4v) is 0.920. The van der Waals surface area contributed by atoms with Gasteiger partial charge in [0, 0.05) is 10.8 Å². The van der Waals surface area contributed by atoms with Crippen LogP contribution < -0.4 is 0 Å². The smallest absolute Gasteiger partial charge is 0.188 e. The molecule has 0 aliphatic heterocycles. The molecule has 0 fully saturated rings. The molecule has 0 radical (unpaired) electrons. The minimum Gasteiger partial charge on any atom is -0.337 e. The molecule has 1 aromatic heterocycles. The Bertz CT molecular complexity index is 394. The molecule has 0 saturated heterocycles. The maximum Gasteiger partial charge on any atom is 0.188 e. The van der Waals surface area contributed by atoms with Crippen molar-refractivity contribution in [2.75, 3.05) is 0 Å². The van der Waals surface area contributed by atoms with Crippen LogP contribution in [0.4, 0.5) is 0 Å². The third-order valence-corrected chi connectivity index (χ3v) is 1.44. The van der Waals surface area contributed by atoms with Crippen molar-refractivity contribution in [3.8, 4) is 0 Å². The van der Waals surface area contributed by atoms with E-state index in [0.29, 0.717) is 16.7 Å². The minimum atomic E-state index is 0.503. The van der Waals surface area contributed by atoms with Crippen molar-refractivity contribution in [1.82, 2.24) is 10.4 Å². The van der Waals surface area contributed by atoms with E-state index >= 15 is 0 Å². The Balaban J connectivity index is 2.88. The quantitative estimate of drug-likeness (QED) is 0.567. The van der Waals surface area contributed by atoms with E-state index in [2.05, 4.69) is 10.4 Å². The van der Waals surface area contributed by atoms with Crippen LogP contribution in [0.25, 0.3) is 11.1 Å². The third-order valence-electron chi connectivity index (χ3n) is 1.44. The Morgan fingerprint density at radius 2 is 2.36 bits per heavy atom. The molecule has 0 saturated carbocycles. The van der Waals surface area contributed by atoms with Crippen molar-refractivity contribution in [1.29, 1.82) is 0 Å². The highest BCUT2D eigenvalue weighted by atomic mass is 16.5. The zero-order valence-electron chi connectivity index (χ0n) is 5.52. The van der Waals surface area contributed by atoms with Crippen LogP contribution in [-0.2, 0) is 0 Å². The lowest BCUT2D eigenvalue weighted by molar-refractivity contribution is 0.112.